The highest BCUT2D eigenvalue weighted by Crippen LogP contribution is 2.38. The molecule has 4 nitrogen and oxygen atoms in total. The van der Waals surface area contributed by atoms with Gasteiger partial charge in [-0.05, 0) is 35.7 Å². The molecule has 1 heterocycles. The maximum atomic E-state index is 11.5. The van der Waals surface area contributed by atoms with Crippen molar-refractivity contribution in [3.63, 3.8) is 0 Å². The predicted molar refractivity (Wildman–Crippen MR) is 58.4 cm³/mol. The van der Waals surface area contributed by atoms with Gasteiger partial charge in [-0.2, -0.15) is 5.10 Å². The minimum Gasteiger partial charge on any atom is -0.378 e. The predicted octanol–water partition coefficient (Wildman–Crippen LogP) is 1.51. The molecule has 0 amide bonds. The first-order chi connectivity index (χ1) is 6.52. The van der Waals surface area contributed by atoms with Gasteiger partial charge in [0.2, 0.25) is 0 Å². The summed E-state index contributed by atoms with van der Waals surface area (Å²) in [4.78, 5) is 11.5. The van der Waals surface area contributed by atoms with E-state index in [1.165, 1.54) is 4.68 Å². The molecule has 1 aromatic rings. The summed E-state index contributed by atoms with van der Waals surface area (Å²) in [6.45, 7) is 2.14. The minimum atomic E-state index is -0.112. The van der Waals surface area contributed by atoms with Gasteiger partial charge in [0.1, 0.15) is 4.47 Å². The molecule has 0 bridgehead atoms. The molecule has 0 aromatic carbocycles. The van der Waals surface area contributed by atoms with Crippen molar-refractivity contribution in [1.29, 1.82) is 0 Å². The van der Waals surface area contributed by atoms with E-state index in [-0.39, 0.29) is 11.1 Å². The van der Waals surface area contributed by atoms with Gasteiger partial charge in [-0.1, -0.05) is 0 Å². The van der Waals surface area contributed by atoms with Crippen LogP contribution in [0.4, 0.5) is 5.69 Å². The van der Waals surface area contributed by atoms with Crippen molar-refractivity contribution in [2.24, 2.45) is 7.05 Å². The SMILES string of the molecule is Cn1ncc(NC2(C)CC2)c(Br)c1=O. The van der Waals surface area contributed by atoms with Crippen LogP contribution in [0.3, 0.4) is 0 Å². The van der Waals surface area contributed by atoms with Gasteiger partial charge in [0, 0.05) is 12.6 Å². The van der Waals surface area contributed by atoms with Crippen LogP contribution in [0.25, 0.3) is 0 Å². The molecule has 0 unspecified atom stereocenters. The van der Waals surface area contributed by atoms with Crippen molar-refractivity contribution in [2.45, 2.75) is 25.3 Å². The van der Waals surface area contributed by atoms with Crippen LogP contribution in [0.2, 0.25) is 0 Å². The van der Waals surface area contributed by atoms with Gasteiger partial charge in [0.05, 0.1) is 11.9 Å². The second-order valence-corrected chi connectivity index (χ2v) is 4.78. The Labute approximate surface area is 90.4 Å². The summed E-state index contributed by atoms with van der Waals surface area (Å²) in [5, 5.41) is 7.27. The Morgan fingerprint density at radius 1 is 1.64 bits per heavy atom. The highest BCUT2D eigenvalue weighted by molar-refractivity contribution is 9.10. The quantitative estimate of drug-likeness (QED) is 0.874. The van der Waals surface area contributed by atoms with E-state index in [1.54, 1.807) is 13.2 Å². The highest BCUT2D eigenvalue weighted by Gasteiger charge is 2.37. The van der Waals surface area contributed by atoms with Crippen LogP contribution in [-0.2, 0) is 7.05 Å². The number of hydrogen-bond acceptors (Lipinski definition) is 3. The van der Waals surface area contributed by atoms with Crippen molar-refractivity contribution in [3.8, 4) is 0 Å². The average Bonchev–Trinajstić information content (AvgIpc) is 2.86. The lowest BCUT2D eigenvalue weighted by Gasteiger charge is -2.13. The Morgan fingerprint density at radius 3 is 2.86 bits per heavy atom. The lowest BCUT2D eigenvalue weighted by Crippen LogP contribution is -2.24. The first-order valence-corrected chi connectivity index (χ1v) is 5.31. The Morgan fingerprint density at radius 2 is 2.29 bits per heavy atom. The van der Waals surface area contributed by atoms with E-state index in [0.717, 1.165) is 18.5 Å². The third-order valence-corrected chi connectivity index (χ3v) is 3.28. The summed E-state index contributed by atoms with van der Waals surface area (Å²) in [5.74, 6) is 0. The number of hydrogen-bond donors (Lipinski definition) is 1. The molecule has 1 saturated carbocycles. The summed E-state index contributed by atoms with van der Waals surface area (Å²) in [5.41, 5.74) is 0.837. The standard InChI is InChI=1S/C9H12BrN3O/c1-9(3-4-9)12-6-5-11-13(2)8(14)7(6)10/h5,12H,3-4H2,1-2H3. The maximum Gasteiger partial charge on any atom is 0.282 e. The monoisotopic (exact) mass is 257 g/mol. The van der Waals surface area contributed by atoms with Gasteiger partial charge in [-0.25, -0.2) is 4.68 Å². The molecule has 0 saturated heterocycles. The van der Waals surface area contributed by atoms with Crippen LogP contribution in [0.15, 0.2) is 15.5 Å². The van der Waals surface area contributed by atoms with E-state index in [2.05, 4.69) is 33.3 Å². The lowest BCUT2D eigenvalue weighted by molar-refractivity contribution is 0.699. The Hall–Kier alpha value is -0.840. The molecular formula is C9H12BrN3O. The van der Waals surface area contributed by atoms with Gasteiger partial charge in [0.25, 0.3) is 5.56 Å². The van der Waals surface area contributed by atoms with Crippen molar-refractivity contribution in [3.05, 3.63) is 21.0 Å². The number of rotatable bonds is 2. The topological polar surface area (TPSA) is 46.9 Å². The van der Waals surface area contributed by atoms with E-state index in [4.69, 9.17) is 0 Å². The van der Waals surface area contributed by atoms with Crippen molar-refractivity contribution in [2.75, 3.05) is 5.32 Å². The van der Waals surface area contributed by atoms with E-state index in [9.17, 15) is 4.79 Å². The Kier molecular flexibility index (Phi) is 2.14. The number of nitrogens with zero attached hydrogens (tertiary/aromatic N) is 2. The van der Waals surface area contributed by atoms with E-state index < -0.39 is 0 Å². The van der Waals surface area contributed by atoms with E-state index >= 15 is 0 Å². The van der Waals surface area contributed by atoms with Crippen molar-refractivity contribution < 1.29 is 0 Å². The van der Waals surface area contributed by atoms with Crippen LogP contribution < -0.4 is 10.9 Å². The molecule has 0 aliphatic heterocycles. The fourth-order valence-corrected chi connectivity index (χ4v) is 1.69. The van der Waals surface area contributed by atoms with Crippen LogP contribution in [-0.4, -0.2) is 15.3 Å². The largest absolute Gasteiger partial charge is 0.378 e. The van der Waals surface area contributed by atoms with Crippen LogP contribution in [0, 0.1) is 0 Å². The lowest BCUT2D eigenvalue weighted by atomic mass is 10.3. The molecule has 5 heteroatoms. The molecule has 1 aliphatic rings. The molecule has 1 aliphatic carbocycles. The number of aryl methyl sites for hydroxylation is 1. The molecular weight excluding hydrogens is 246 g/mol. The summed E-state index contributed by atoms with van der Waals surface area (Å²) in [6.07, 6.45) is 3.97. The number of aromatic nitrogens is 2. The van der Waals surface area contributed by atoms with Crippen LogP contribution >= 0.6 is 15.9 Å². The van der Waals surface area contributed by atoms with E-state index in [0.29, 0.717) is 4.47 Å². The molecule has 14 heavy (non-hydrogen) atoms. The first-order valence-electron chi connectivity index (χ1n) is 4.52. The molecule has 1 aromatic heterocycles. The van der Waals surface area contributed by atoms with Gasteiger partial charge in [-0.15, -0.1) is 0 Å². The summed E-state index contributed by atoms with van der Waals surface area (Å²) >= 11 is 3.28. The molecule has 0 radical (unpaired) electrons. The van der Waals surface area contributed by atoms with Gasteiger partial charge >= 0.3 is 0 Å². The van der Waals surface area contributed by atoms with Gasteiger partial charge in [-0.3, -0.25) is 4.79 Å². The molecule has 76 valence electrons. The fraction of sp³-hybridized carbons (Fsp3) is 0.556. The minimum absolute atomic E-state index is 0.112. The van der Waals surface area contributed by atoms with Crippen molar-refractivity contribution >= 4 is 21.6 Å². The molecule has 0 atom stereocenters. The second kappa shape index (κ2) is 3.08. The van der Waals surface area contributed by atoms with Crippen molar-refractivity contribution in [1.82, 2.24) is 9.78 Å². The zero-order valence-corrected chi connectivity index (χ0v) is 9.76. The molecule has 2 rings (SSSR count). The Bertz CT molecular complexity index is 423. The van der Waals surface area contributed by atoms with Crippen LogP contribution in [0.1, 0.15) is 19.8 Å². The number of nitrogens with one attached hydrogen (secondary N) is 1. The summed E-state index contributed by atoms with van der Waals surface area (Å²) in [7, 11) is 1.63. The second-order valence-electron chi connectivity index (χ2n) is 3.99. The Balaban J connectivity index is 2.35. The van der Waals surface area contributed by atoms with E-state index in [1.807, 2.05) is 0 Å². The van der Waals surface area contributed by atoms with Gasteiger partial charge < -0.3 is 5.32 Å². The zero-order valence-electron chi connectivity index (χ0n) is 8.17. The van der Waals surface area contributed by atoms with Gasteiger partial charge in [0.15, 0.2) is 0 Å². The first kappa shape index (κ1) is 9.71. The highest BCUT2D eigenvalue weighted by atomic mass is 79.9. The molecule has 1 fully saturated rings. The summed E-state index contributed by atoms with van der Waals surface area (Å²) < 4.78 is 1.87. The molecule has 1 N–H and O–H groups in total. The zero-order chi connectivity index (χ0) is 10.3. The molecule has 0 spiro atoms. The number of halogens is 1. The normalized spacial score (nSPS) is 17.9. The maximum absolute atomic E-state index is 11.5. The third kappa shape index (κ3) is 1.68. The average molecular weight is 258 g/mol. The third-order valence-electron chi connectivity index (χ3n) is 2.51. The van der Waals surface area contributed by atoms with Crippen LogP contribution in [0.5, 0.6) is 0 Å². The fourth-order valence-electron chi connectivity index (χ4n) is 1.24. The number of anilines is 1. The summed E-state index contributed by atoms with van der Waals surface area (Å²) in [6, 6.07) is 0. The smallest absolute Gasteiger partial charge is 0.282 e.